The maximum Gasteiger partial charge on any atom is 0.197 e. The van der Waals surface area contributed by atoms with Gasteiger partial charge < -0.3 is 19.1 Å². The number of hydrogen-bond acceptors (Lipinski definition) is 5. The van der Waals surface area contributed by atoms with E-state index >= 15 is 0 Å². The predicted octanol–water partition coefficient (Wildman–Crippen LogP) is 4.20. The van der Waals surface area contributed by atoms with E-state index in [0.29, 0.717) is 24.8 Å². The number of likely N-dealkylation sites (tertiary alicyclic amines) is 1. The van der Waals surface area contributed by atoms with Crippen molar-refractivity contribution in [3.05, 3.63) is 70.5 Å². The molecule has 0 radical (unpaired) electrons. The number of benzene rings is 2. The highest BCUT2D eigenvalue weighted by molar-refractivity contribution is 5.96. The van der Waals surface area contributed by atoms with Crippen LogP contribution in [-0.2, 0) is 28.0 Å². The van der Waals surface area contributed by atoms with Gasteiger partial charge in [0.05, 0.1) is 14.2 Å². The molecule has 168 valence electrons. The summed E-state index contributed by atoms with van der Waals surface area (Å²) in [5.41, 5.74) is 4.48. The van der Waals surface area contributed by atoms with Gasteiger partial charge in [-0.15, -0.1) is 0 Å². The van der Waals surface area contributed by atoms with Crippen molar-refractivity contribution in [3.63, 3.8) is 0 Å². The predicted molar refractivity (Wildman–Crippen MR) is 123 cm³/mol. The summed E-state index contributed by atoms with van der Waals surface area (Å²) in [6.45, 7) is 3.50. The number of likely N-dealkylation sites (N-methyl/N-ethyl adjacent to an activating group) is 1. The van der Waals surface area contributed by atoms with Gasteiger partial charge in [0.25, 0.3) is 0 Å². The highest BCUT2D eigenvalue weighted by Crippen LogP contribution is 2.58. The van der Waals surface area contributed by atoms with Gasteiger partial charge in [-0.2, -0.15) is 0 Å². The molecule has 1 heterocycles. The van der Waals surface area contributed by atoms with Crippen LogP contribution in [0.5, 0.6) is 11.5 Å². The Morgan fingerprint density at radius 3 is 2.59 bits per heavy atom. The molecule has 5 nitrogen and oxygen atoms in total. The van der Waals surface area contributed by atoms with E-state index in [1.165, 1.54) is 11.1 Å². The van der Waals surface area contributed by atoms with Gasteiger partial charge in [-0.1, -0.05) is 35.9 Å². The van der Waals surface area contributed by atoms with Crippen LogP contribution in [0.3, 0.4) is 0 Å². The van der Waals surface area contributed by atoms with E-state index in [9.17, 15) is 4.79 Å². The van der Waals surface area contributed by atoms with Crippen molar-refractivity contribution in [1.82, 2.24) is 4.90 Å². The van der Waals surface area contributed by atoms with Crippen LogP contribution in [0.15, 0.2) is 48.2 Å². The van der Waals surface area contributed by atoms with E-state index < -0.39 is 0 Å². The molecule has 2 aromatic carbocycles. The topological polar surface area (TPSA) is 48.0 Å². The first kappa shape index (κ1) is 21.1. The van der Waals surface area contributed by atoms with Crippen LogP contribution < -0.4 is 9.47 Å². The van der Waals surface area contributed by atoms with E-state index in [1.54, 1.807) is 14.2 Å². The minimum Gasteiger partial charge on any atom is -0.493 e. The van der Waals surface area contributed by atoms with Crippen molar-refractivity contribution in [3.8, 4) is 11.5 Å². The zero-order valence-corrected chi connectivity index (χ0v) is 19.3. The first-order valence-electron chi connectivity index (χ1n) is 11.3. The molecule has 1 aliphatic heterocycles. The lowest BCUT2D eigenvalue weighted by molar-refractivity contribution is -0.122. The van der Waals surface area contributed by atoms with Crippen LogP contribution in [0.1, 0.15) is 35.1 Å². The monoisotopic (exact) mass is 433 g/mol. The summed E-state index contributed by atoms with van der Waals surface area (Å²) < 4.78 is 17.7. The smallest absolute Gasteiger partial charge is 0.197 e. The molecule has 2 aromatic rings. The maximum absolute atomic E-state index is 13.1. The van der Waals surface area contributed by atoms with Crippen LogP contribution in [0, 0.1) is 12.8 Å². The molecule has 0 amide bonds. The molecule has 0 spiro atoms. The average molecular weight is 434 g/mol. The number of carbonyl (C=O) groups excluding carboxylic acids is 1. The fraction of sp³-hybridized carbons (Fsp3) is 0.444. The van der Waals surface area contributed by atoms with E-state index in [1.807, 2.05) is 6.07 Å². The van der Waals surface area contributed by atoms with Crippen molar-refractivity contribution in [1.29, 1.82) is 0 Å². The molecular formula is C27H31NO4. The number of rotatable bonds is 5. The summed E-state index contributed by atoms with van der Waals surface area (Å²) in [4.78, 5) is 15.5. The number of nitrogens with zero attached hydrogens (tertiary/aromatic N) is 1. The molecule has 0 saturated carbocycles. The van der Waals surface area contributed by atoms with E-state index in [4.69, 9.17) is 14.2 Å². The number of methoxy groups -OCH3 is 2. The van der Waals surface area contributed by atoms with Crippen molar-refractivity contribution < 1.29 is 19.0 Å². The normalized spacial score (nSPS) is 26.6. The van der Waals surface area contributed by atoms with Gasteiger partial charge in [-0.25, -0.2) is 0 Å². The third-order valence-electron chi connectivity index (χ3n) is 7.69. The number of allylic oxidation sites excluding steroid dienone is 1. The third-order valence-corrected chi connectivity index (χ3v) is 7.69. The molecule has 0 unspecified atom stereocenters. The van der Waals surface area contributed by atoms with Crippen molar-refractivity contribution in [2.24, 2.45) is 5.92 Å². The number of carbonyl (C=O) groups is 1. The second-order valence-electron chi connectivity index (χ2n) is 9.42. The van der Waals surface area contributed by atoms with E-state index in [2.05, 4.69) is 55.3 Å². The standard InChI is InChI=1S/C27H31NO4/c1-17-5-7-18(8-6-17)16-32-26-23(30-3)10-9-19-13-21-20-14-24(31-4)22(29)15-27(20,25(19)26)11-12-28(21)2/h5-10,14,20-21H,11-13,15-16H2,1-4H3/t20-,21+,27-/m1/s1. The highest BCUT2D eigenvalue weighted by atomic mass is 16.5. The lowest BCUT2D eigenvalue weighted by Crippen LogP contribution is -2.60. The SMILES string of the molecule is COC1=C[C@@H]2[C@@H]3Cc4ccc(OC)c(OCc5ccc(C)cc5)c4[C@]2(CCN3C)CC1=O. The summed E-state index contributed by atoms with van der Waals surface area (Å²) in [5, 5.41) is 0. The number of piperidine rings is 1. The number of aryl methyl sites for hydroxylation is 1. The van der Waals surface area contributed by atoms with Gasteiger partial charge in [-0.05, 0) is 56.6 Å². The number of Topliss-reactive ketones (excluding diaryl/α,β-unsaturated/α-hetero) is 1. The average Bonchev–Trinajstić information content (AvgIpc) is 2.80. The summed E-state index contributed by atoms with van der Waals surface area (Å²) in [6, 6.07) is 12.9. The van der Waals surface area contributed by atoms with Crippen molar-refractivity contribution in [2.75, 3.05) is 27.8 Å². The Hall–Kier alpha value is -2.79. The number of ether oxygens (including phenoxy) is 3. The Balaban J connectivity index is 1.63. The zero-order chi connectivity index (χ0) is 22.5. The molecular weight excluding hydrogens is 402 g/mol. The minimum absolute atomic E-state index is 0.0761. The molecule has 5 rings (SSSR count). The van der Waals surface area contributed by atoms with Crippen LogP contribution >= 0.6 is 0 Å². The molecule has 2 bridgehead atoms. The number of fused-ring (bicyclic) bond motifs is 1. The lowest BCUT2D eigenvalue weighted by Gasteiger charge is -2.56. The first-order valence-corrected chi connectivity index (χ1v) is 11.3. The lowest BCUT2D eigenvalue weighted by atomic mass is 9.53. The molecule has 2 aliphatic carbocycles. The molecule has 1 saturated heterocycles. The zero-order valence-electron chi connectivity index (χ0n) is 19.3. The Labute approximate surface area is 190 Å². The molecule has 32 heavy (non-hydrogen) atoms. The van der Waals surface area contributed by atoms with Crippen LogP contribution in [0.2, 0.25) is 0 Å². The van der Waals surface area contributed by atoms with Gasteiger partial charge in [-0.3, -0.25) is 4.79 Å². The van der Waals surface area contributed by atoms with Gasteiger partial charge >= 0.3 is 0 Å². The van der Waals surface area contributed by atoms with Crippen LogP contribution in [0.25, 0.3) is 0 Å². The Morgan fingerprint density at radius 2 is 1.88 bits per heavy atom. The molecule has 5 heteroatoms. The van der Waals surface area contributed by atoms with Gasteiger partial charge in [0.1, 0.15) is 6.61 Å². The molecule has 1 fully saturated rings. The first-order chi connectivity index (χ1) is 15.5. The fourth-order valence-electron chi connectivity index (χ4n) is 5.99. The Kier molecular flexibility index (Phi) is 5.25. The van der Waals surface area contributed by atoms with E-state index in [-0.39, 0.29) is 17.1 Å². The molecule has 0 N–H and O–H groups in total. The quantitative estimate of drug-likeness (QED) is 0.707. The number of ketones is 1. The summed E-state index contributed by atoms with van der Waals surface area (Å²) >= 11 is 0. The third kappa shape index (κ3) is 3.22. The largest absolute Gasteiger partial charge is 0.493 e. The second kappa shape index (κ2) is 7.96. The van der Waals surface area contributed by atoms with Gasteiger partial charge in [0.2, 0.25) is 0 Å². The maximum atomic E-state index is 13.1. The summed E-state index contributed by atoms with van der Waals surface area (Å²) in [6.07, 6.45) is 4.36. The molecule has 3 atom stereocenters. The van der Waals surface area contributed by atoms with Gasteiger partial charge in [0.15, 0.2) is 23.0 Å². The Morgan fingerprint density at radius 1 is 1.09 bits per heavy atom. The molecule has 0 aromatic heterocycles. The van der Waals surface area contributed by atoms with Crippen LogP contribution in [0.4, 0.5) is 0 Å². The van der Waals surface area contributed by atoms with E-state index in [0.717, 1.165) is 42.0 Å². The van der Waals surface area contributed by atoms with Crippen LogP contribution in [-0.4, -0.2) is 44.5 Å². The van der Waals surface area contributed by atoms with Crippen molar-refractivity contribution >= 4 is 5.78 Å². The minimum atomic E-state index is -0.291. The fourth-order valence-corrected chi connectivity index (χ4v) is 5.99. The Bertz CT molecular complexity index is 1070. The second-order valence-corrected chi connectivity index (χ2v) is 9.42. The number of hydrogen-bond donors (Lipinski definition) is 0. The summed E-state index contributed by atoms with van der Waals surface area (Å²) in [7, 11) is 5.47. The van der Waals surface area contributed by atoms with Gasteiger partial charge in [0, 0.05) is 29.4 Å². The molecule has 3 aliphatic rings. The summed E-state index contributed by atoms with van der Waals surface area (Å²) in [5.74, 6) is 2.30. The highest BCUT2D eigenvalue weighted by Gasteiger charge is 2.56. The van der Waals surface area contributed by atoms with Crippen molar-refractivity contribution in [2.45, 2.75) is 44.2 Å².